The van der Waals surface area contributed by atoms with E-state index in [0.29, 0.717) is 30.1 Å². The highest BCUT2D eigenvalue weighted by molar-refractivity contribution is 6.02. The zero-order chi connectivity index (χ0) is 15.1. The second kappa shape index (κ2) is 5.02. The SMILES string of the molecule is CCNc1cnc(C)cc1C(=O)N1C(C(N)=O)CC2CC21. The van der Waals surface area contributed by atoms with Gasteiger partial charge in [0.15, 0.2) is 0 Å². The zero-order valence-corrected chi connectivity index (χ0v) is 12.3. The van der Waals surface area contributed by atoms with Gasteiger partial charge in [0.25, 0.3) is 5.91 Å². The van der Waals surface area contributed by atoms with E-state index < -0.39 is 11.9 Å². The molecule has 21 heavy (non-hydrogen) atoms. The number of primary amides is 1. The van der Waals surface area contributed by atoms with Gasteiger partial charge in [0.05, 0.1) is 17.4 Å². The average Bonchev–Trinajstić information content (AvgIpc) is 3.11. The number of nitrogens with zero attached hydrogens (tertiary/aromatic N) is 2. The summed E-state index contributed by atoms with van der Waals surface area (Å²) in [4.78, 5) is 30.4. The number of hydrogen-bond donors (Lipinski definition) is 2. The second-order valence-electron chi connectivity index (χ2n) is 5.83. The molecule has 2 fully saturated rings. The number of rotatable bonds is 4. The Labute approximate surface area is 123 Å². The topological polar surface area (TPSA) is 88.3 Å². The van der Waals surface area contributed by atoms with E-state index in [0.717, 1.165) is 12.1 Å². The van der Waals surface area contributed by atoms with E-state index in [1.165, 1.54) is 0 Å². The molecule has 1 aliphatic heterocycles. The minimum Gasteiger partial charge on any atom is -0.383 e. The maximum Gasteiger partial charge on any atom is 0.257 e. The Hall–Kier alpha value is -2.11. The van der Waals surface area contributed by atoms with Crippen LogP contribution in [0.1, 0.15) is 35.8 Å². The Bertz CT molecular complexity index is 601. The molecule has 0 spiro atoms. The van der Waals surface area contributed by atoms with Crippen LogP contribution in [-0.2, 0) is 4.79 Å². The maximum absolute atomic E-state index is 12.9. The lowest BCUT2D eigenvalue weighted by atomic mass is 10.1. The van der Waals surface area contributed by atoms with Crippen LogP contribution in [0.2, 0.25) is 0 Å². The highest BCUT2D eigenvalue weighted by Crippen LogP contribution is 2.48. The van der Waals surface area contributed by atoms with Crippen LogP contribution in [0.3, 0.4) is 0 Å². The third kappa shape index (κ3) is 2.34. The van der Waals surface area contributed by atoms with Crippen LogP contribution in [0, 0.1) is 12.8 Å². The Morgan fingerprint density at radius 1 is 1.48 bits per heavy atom. The number of hydrogen-bond acceptors (Lipinski definition) is 4. The number of carbonyl (C=O) groups is 2. The van der Waals surface area contributed by atoms with Gasteiger partial charge in [-0.25, -0.2) is 0 Å². The fourth-order valence-electron chi connectivity index (χ4n) is 3.21. The molecule has 2 aliphatic rings. The van der Waals surface area contributed by atoms with Gasteiger partial charge in [0.2, 0.25) is 5.91 Å². The zero-order valence-electron chi connectivity index (χ0n) is 12.3. The van der Waals surface area contributed by atoms with Crippen LogP contribution in [0.15, 0.2) is 12.3 Å². The van der Waals surface area contributed by atoms with Gasteiger partial charge in [-0.15, -0.1) is 0 Å². The number of nitrogens with two attached hydrogens (primary N) is 1. The molecular formula is C15H20N4O2. The van der Waals surface area contributed by atoms with E-state index in [1.54, 1.807) is 17.2 Å². The first kappa shape index (κ1) is 13.9. The Balaban J connectivity index is 1.94. The maximum atomic E-state index is 12.9. The predicted octanol–water partition coefficient (Wildman–Crippen LogP) is 0.910. The number of pyridine rings is 1. The summed E-state index contributed by atoms with van der Waals surface area (Å²) in [5.74, 6) is -0.0893. The van der Waals surface area contributed by atoms with E-state index in [2.05, 4.69) is 10.3 Å². The van der Waals surface area contributed by atoms with Crippen molar-refractivity contribution in [2.24, 2.45) is 11.7 Å². The number of carbonyl (C=O) groups excluding carboxylic acids is 2. The molecule has 0 bridgehead atoms. The van der Waals surface area contributed by atoms with Gasteiger partial charge < -0.3 is 16.0 Å². The van der Waals surface area contributed by atoms with E-state index >= 15 is 0 Å². The van der Waals surface area contributed by atoms with Crippen molar-refractivity contribution >= 4 is 17.5 Å². The minimum atomic E-state index is -0.468. The summed E-state index contributed by atoms with van der Waals surface area (Å²) in [6.45, 7) is 4.52. The lowest BCUT2D eigenvalue weighted by Gasteiger charge is -2.26. The van der Waals surface area contributed by atoms with Crippen molar-refractivity contribution in [1.29, 1.82) is 0 Å². The monoisotopic (exact) mass is 288 g/mol. The largest absolute Gasteiger partial charge is 0.383 e. The average molecular weight is 288 g/mol. The van der Waals surface area contributed by atoms with E-state index in [4.69, 9.17) is 5.73 Å². The molecule has 1 aromatic heterocycles. The van der Waals surface area contributed by atoms with Crippen molar-refractivity contribution in [3.05, 3.63) is 23.5 Å². The van der Waals surface area contributed by atoms with Crippen LogP contribution < -0.4 is 11.1 Å². The molecule has 6 heteroatoms. The summed E-state index contributed by atoms with van der Waals surface area (Å²) < 4.78 is 0. The van der Waals surface area contributed by atoms with Crippen molar-refractivity contribution in [3.63, 3.8) is 0 Å². The van der Waals surface area contributed by atoms with Crippen molar-refractivity contribution in [3.8, 4) is 0 Å². The molecule has 3 unspecified atom stereocenters. The lowest BCUT2D eigenvalue weighted by Crippen LogP contribution is -2.46. The number of aromatic nitrogens is 1. The first-order valence-electron chi connectivity index (χ1n) is 7.35. The lowest BCUT2D eigenvalue weighted by molar-refractivity contribution is -0.122. The standard InChI is InChI=1S/C15H20N4O2/c1-3-17-11-7-18-8(2)4-10(11)15(21)19-12-5-9(12)6-13(19)14(16)20/h4,7,9,12-13,17H,3,5-6H2,1-2H3,(H2,16,20). The highest BCUT2D eigenvalue weighted by Gasteiger charge is 2.55. The summed E-state index contributed by atoms with van der Waals surface area (Å²) in [6, 6.07) is 1.48. The number of amides is 2. The van der Waals surface area contributed by atoms with Crippen molar-refractivity contribution in [2.45, 2.75) is 38.8 Å². The predicted molar refractivity (Wildman–Crippen MR) is 78.8 cm³/mol. The third-order valence-electron chi connectivity index (χ3n) is 4.31. The molecule has 0 aromatic carbocycles. The van der Waals surface area contributed by atoms with Crippen molar-refractivity contribution < 1.29 is 9.59 Å². The molecule has 3 N–H and O–H groups in total. The van der Waals surface area contributed by atoms with Gasteiger partial charge in [0, 0.05) is 18.3 Å². The molecule has 2 amide bonds. The molecular weight excluding hydrogens is 268 g/mol. The number of anilines is 1. The fourth-order valence-corrected chi connectivity index (χ4v) is 3.21. The first-order chi connectivity index (χ1) is 10.0. The molecule has 0 radical (unpaired) electrons. The van der Waals surface area contributed by atoms with Gasteiger partial charge in [-0.2, -0.15) is 0 Å². The summed E-state index contributed by atoms with van der Waals surface area (Å²) in [6.07, 6.45) is 3.36. The Morgan fingerprint density at radius 3 is 2.90 bits per heavy atom. The molecule has 1 aromatic rings. The summed E-state index contributed by atoms with van der Waals surface area (Å²) in [5.41, 5.74) is 7.51. The minimum absolute atomic E-state index is 0.120. The Morgan fingerprint density at radius 2 is 2.24 bits per heavy atom. The normalized spacial score (nSPS) is 26.4. The molecule has 112 valence electrons. The number of nitrogens with one attached hydrogen (secondary N) is 1. The van der Waals surface area contributed by atoms with Crippen molar-refractivity contribution in [2.75, 3.05) is 11.9 Å². The van der Waals surface area contributed by atoms with Gasteiger partial charge in [0.1, 0.15) is 6.04 Å². The van der Waals surface area contributed by atoms with Gasteiger partial charge in [-0.05, 0) is 38.7 Å². The summed E-state index contributed by atoms with van der Waals surface area (Å²) in [5, 5.41) is 3.15. The van der Waals surface area contributed by atoms with Crippen LogP contribution in [0.5, 0.6) is 0 Å². The van der Waals surface area contributed by atoms with Gasteiger partial charge >= 0.3 is 0 Å². The molecule has 3 rings (SSSR count). The van der Waals surface area contributed by atoms with E-state index in [-0.39, 0.29) is 11.9 Å². The number of likely N-dealkylation sites (tertiary alicyclic amines) is 1. The second-order valence-corrected chi connectivity index (χ2v) is 5.83. The number of fused-ring (bicyclic) bond motifs is 1. The fraction of sp³-hybridized carbons (Fsp3) is 0.533. The number of aryl methyl sites for hydroxylation is 1. The Kier molecular flexibility index (Phi) is 3.31. The summed E-state index contributed by atoms with van der Waals surface area (Å²) in [7, 11) is 0. The molecule has 1 saturated heterocycles. The first-order valence-corrected chi connectivity index (χ1v) is 7.35. The molecule has 3 atom stereocenters. The molecule has 6 nitrogen and oxygen atoms in total. The van der Waals surface area contributed by atoms with Crippen LogP contribution in [0.25, 0.3) is 0 Å². The highest BCUT2D eigenvalue weighted by atomic mass is 16.2. The van der Waals surface area contributed by atoms with Crippen molar-refractivity contribution in [1.82, 2.24) is 9.88 Å². The van der Waals surface area contributed by atoms with Crippen LogP contribution >= 0.6 is 0 Å². The summed E-state index contributed by atoms with van der Waals surface area (Å²) >= 11 is 0. The third-order valence-corrected chi connectivity index (χ3v) is 4.31. The van der Waals surface area contributed by atoms with Crippen LogP contribution in [0.4, 0.5) is 5.69 Å². The van der Waals surface area contributed by atoms with Gasteiger partial charge in [-0.3, -0.25) is 14.6 Å². The molecule has 2 heterocycles. The number of piperidine rings is 1. The molecule has 1 saturated carbocycles. The smallest absolute Gasteiger partial charge is 0.257 e. The van der Waals surface area contributed by atoms with E-state index in [1.807, 2.05) is 13.8 Å². The van der Waals surface area contributed by atoms with Crippen LogP contribution in [-0.4, -0.2) is 40.3 Å². The van der Waals surface area contributed by atoms with E-state index in [9.17, 15) is 9.59 Å². The van der Waals surface area contributed by atoms with Gasteiger partial charge in [-0.1, -0.05) is 0 Å². The quantitative estimate of drug-likeness (QED) is 0.862. The molecule has 1 aliphatic carbocycles.